The Balaban J connectivity index is 1.95. The molecule has 0 bridgehead atoms. The van der Waals surface area contributed by atoms with Gasteiger partial charge in [-0.25, -0.2) is 0 Å². The molecule has 0 unspecified atom stereocenters. The van der Waals surface area contributed by atoms with Gasteiger partial charge >= 0.3 is 0 Å². The molecule has 102 valence electrons. The molecule has 0 aliphatic rings. The smallest absolute Gasteiger partial charge is 0.141 e. The summed E-state index contributed by atoms with van der Waals surface area (Å²) >= 11 is 3.49. The highest BCUT2D eigenvalue weighted by molar-refractivity contribution is 9.10. The van der Waals surface area contributed by atoms with E-state index in [1.165, 1.54) is 10.9 Å². The number of hydrogen-bond donors (Lipinski definition) is 1. The minimum atomic E-state index is 0.671. The summed E-state index contributed by atoms with van der Waals surface area (Å²) < 4.78 is 8.49. The number of nitrogens with two attached hydrogens (primary N) is 1. The first-order chi connectivity index (χ1) is 9.67. The summed E-state index contributed by atoms with van der Waals surface area (Å²) in [5.74, 6) is 0.718. The Bertz CT molecular complexity index is 764. The first-order valence-electron chi connectivity index (χ1n) is 6.34. The fourth-order valence-corrected chi connectivity index (χ4v) is 2.77. The van der Waals surface area contributed by atoms with Crippen molar-refractivity contribution in [2.24, 2.45) is 0 Å². The van der Waals surface area contributed by atoms with Gasteiger partial charge in [-0.05, 0) is 42.0 Å². The van der Waals surface area contributed by atoms with E-state index in [9.17, 15) is 0 Å². The van der Waals surface area contributed by atoms with Crippen LogP contribution in [0.5, 0.6) is 5.75 Å². The molecule has 3 nitrogen and oxygen atoms in total. The van der Waals surface area contributed by atoms with E-state index < -0.39 is 0 Å². The van der Waals surface area contributed by atoms with Crippen LogP contribution in [0.1, 0.15) is 5.56 Å². The molecule has 0 fully saturated rings. The Hall–Kier alpha value is -1.94. The standard InChI is InChI=1S/C16H15BrN2O/c1-20-16-5-2-11(8-14(16)18)10-19-7-6-12-9-13(17)3-4-15(12)19/h2-9H,10,18H2,1H3. The molecule has 0 spiro atoms. The summed E-state index contributed by atoms with van der Waals surface area (Å²) in [6.45, 7) is 0.791. The summed E-state index contributed by atoms with van der Waals surface area (Å²) in [6.07, 6.45) is 2.09. The maximum absolute atomic E-state index is 5.95. The van der Waals surface area contributed by atoms with Gasteiger partial charge in [0, 0.05) is 28.1 Å². The summed E-state index contributed by atoms with van der Waals surface area (Å²) in [6, 6.07) is 14.3. The molecule has 0 atom stereocenters. The number of halogens is 1. The second-order valence-electron chi connectivity index (χ2n) is 4.72. The van der Waals surface area contributed by atoms with Crippen molar-refractivity contribution >= 4 is 32.5 Å². The van der Waals surface area contributed by atoms with Crippen LogP contribution in [0.25, 0.3) is 10.9 Å². The number of benzene rings is 2. The van der Waals surface area contributed by atoms with Crippen molar-refractivity contribution in [3.63, 3.8) is 0 Å². The minimum Gasteiger partial charge on any atom is -0.495 e. The van der Waals surface area contributed by atoms with Gasteiger partial charge < -0.3 is 15.0 Å². The molecule has 1 aromatic heterocycles. The van der Waals surface area contributed by atoms with Gasteiger partial charge in [0.2, 0.25) is 0 Å². The van der Waals surface area contributed by atoms with Gasteiger partial charge in [-0.3, -0.25) is 0 Å². The van der Waals surface area contributed by atoms with Gasteiger partial charge in [0.15, 0.2) is 0 Å². The van der Waals surface area contributed by atoms with Gasteiger partial charge in [-0.2, -0.15) is 0 Å². The van der Waals surface area contributed by atoms with Gasteiger partial charge in [0.05, 0.1) is 12.8 Å². The zero-order chi connectivity index (χ0) is 14.1. The number of aromatic nitrogens is 1. The lowest BCUT2D eigenvalue weighted by atomic mass is 10.2. The molecule has 3 aromatic rings. The van der Waals surface area contributed by atoms with Crippen molar-refractivity contribution in [3.8, 4) is 5.75 Å². The molecule has 0 aliphatic carbocycles. The lowest BCUT2D eigenvalue weighted by Crippen LogP contribution is -2.00. The Morgan fingerprint density at radius 2 is 2.00 bits per heavy atom. The number of ether oxygens (including phenoxy) is 1. The Labute approximate surface area is 126 Å². The zero-order valence-electron chi connectivity index (χ0n) is 11.1. The summed E-state index contributed by atoms with van der Waals surface area (Å²) in [5.41, 5.74) is 8.99. The molecule has 4 heteroatoms. The van der Waals surface area contributed by atoms with Crippen LogP contribution in [0.15, 0.2) is 53.1 Å². The highest BCUT2D eigenvalue weighted by Crippen LogP contribution is 2.25. The van der Waals surface area contributed by atoms with E-state index >= 15 is 0 Å². The molecule has 2 aromatic carbocycles. The van der Waals surface area contributed by atoms with Crippen LogP contribution in [0.3, 0.4) is 0 Å². The molecule has 0 saturated heterocycles. The van der Waals surface area contributed by atoms with Crippen molar-refractivity contribution in [3.05, 3.63) is 58.7 Å². The van der Waals surface area contributed by atoms with E-state index in [2.05, 4.69) is 51.0 Å². The molecule has 3 rings (SSSR count). The number of methoxy groups -OCH3 is 1. The summed E-state index contributed by atoms with van der Waals surface area (Å²) in [4.78, 5) is 0. The molecule has 2 N–H and O–H groups in total. The highest BCUT2D eigenvalue weighted by atomic mass is 79.9. The molecular weight excluding hydrogens is 316 g/mol. The normalized spacial score (nSPS) is 10.9. The molecular formula is C16H15BrN2O. The third kappa shape index (κ3) is 2.39. The van der Waals surface area contributed by atoms with Crippen LogP contribution < -0.4 is 10.5 Å². The summed E-state index contributed by atoms with van der Waals surface area (Å²) in [7, 11) is 1.63. The maximum Gasteiger partial charge on any atom is 0.141 e. The van der Waals surface area contributed by atoms with Crippen LogP contribution in [-0.4, -0.2) is 11.7 Å². The number of nitrogen functional groups attached to an aromatic ring is 1. The van der Waals surface area contributed by atoms with Crippen LogP contribution in [0.2, 0.25) is 0 Å². The van der Waals surface area contributed by atoms with E-state index in [-0.39, 0.29) is 0 Å². The molecule has 0 saturated carbocycles. The minimum absolute atomic E-state index is 0.671. The van der Waals surface area contributed by atoms with Crippen LogP contribution >= 0.6 is 15.9 Å². The Morgan fingerprint density at radius 1 is 1.15 bits per heavy atom. The zero-order valence-corrected chi connectivity index (χ0v) is 12.7. The first-order valence-corrected chi connectivity index (χ1v) is 7.13. The Kier molecular flexibility index (Phi) is 3.40. The number of hydrogen-bond acceptors (Lipinski definition) is 2. The van der Waals surface area contributed by atoms with E-state index in [4.69, 9.17) is 10.5 Å². The van der Waals surface area contributed by atoms with Crippen molar-refractivity contribution in [2.45, 2.75) is 6.54 Å². The maximum atomic E-state index is 5.95. The lowest BCUT2D eigenvalue weighted by molar-refractivity contribution is 0.417. The molecule has 0 radical (unpaired) electrons. The SMILES string of the molecule is COc1ccc(Cn2ccc3cc(Br)ccc32)cc1N. The van der Waals surface area contributed by atoms with Gasteiger partial charge in [0.1, 0.15) is 5.75 Å². The third-order valence-corrected chi connectivity index (χ3v) is 3.87. The van der Waals surface area contributed by atoms with Crippen LogP contribution in [-0.2, 0) is 6.54 Å². The topological polar surface area (TPSA) is 40.2 Å². The van der Waals surface area contributed by atoms with E-state index in [1.54, 1.807) is 7.11 Å². The molecule has 0 amide bonds. The monoisotopic (exact) mass is 330 g/mol. The van der Waals surface area contributed by atoms with Gasteiger partial charge in [0.25, 0.3) is 0 Å². The first kappa shape index (κ1) is 13.1. The largest absolute Gasteiger partial charge is 0.495 e. The van der Waals surface area contributed by atoms with Crippen molar-refractivity contribution < 1.29 is 4.74 Å². The summed E-state index contributed by atoms with van der Waals surface area (Å²) in [5, 5.41) is 1.22. The van der Waals surface area contributed by atoms with E-state index in [0.29, 0.717) is 5.69 Å². The number of rotatable bonds is 3. The predicted octanol–water partition coefficient (Wildman–Crippen LogP) is 4.04. The van der Waals surface area contributed by atoms with Crippen molar-refractivity contribution in [2.75, 3.05) is 12.8 Å². The molecule has 0 aliphatic heterocycles. The van der Waals surface area contributed by atoms with E-state index in [0.717, 1.165) is 22.3 Å². The van der Waals surface area contributed by atoms with Crippen molar-refractivity contribution in [1.82, 2.24) is 4.57 Å². The number of nitrogens with zero attached hydrogens (tertiary/aromatic N) is 1. The number of fused-ring (bicyclic) bond motifs is 1. The predicted molar refractivity (Wildman–Crippen MR) is 86.1 cm³/mol. The second-order valence-corrected chi connectivity index (χ2v) is 5.64. The fourth-order valence-electron chi connectivity index (χ4n) is 2.39. The lowest BCUT2D eigenvalue weighted by Gasteiger charge is -2.09. The number of anilines is 1. The average molecular weight is 331 g/mol. The third-order valence-electron chi connectivity index (χ3n) is 3.38. The molecule has 1 heterocycles. The fraction of sp³-hybridized carbons (Fsp3) is 0.125. The Morgan fingerprint density at radius 3 is 2.75 bits per heavy atom. The van der Waals surface area contributed by atoms with Gasteiger partial charge in [-0.15, -0.1) is 0 Å². The second kappa shape index (κ2) is 5.21. The quantitative estimate of drug-likeness (QED) is 0.736. The van der Waals surface area contributed by atoms with E-state index in [1.807, 2.05) is 18.2 Å². The van der Waals surface area contributed by atoms with Crippen LogP contribution in [0, 0.1) is 0 Å². The van der Waals surface area contributed by atoms with Crippen LogP contribution in [0.4, 0.5) is 5.69 Å². The highest BCUT2D eigenvalue weighted by Gasteiger charge is 2.05. The van der Waals surface area contributed by atoms with Crippen molar-refractivity contribution in [1.29, 1.82) is 0 Å². The van der Waals surface area contributed by atoms with Gasteiger partial charge in [-0.1, -0.05) is 22.0 Å². The average Bonchev–Trinajstić information content (AvgIpc) is 2.81. The molecule has 20 heavy (non-hydrogen) atoms.